The average molecular weight is 322 g/mol. The van der Waals surface area contributed by atoms with Crippen molar-refractivity contribution in [3.63, 3.8) is 0 Å². The molecule has 20 heavy (non-hydrogen) atoms. The van der Waals surface area contributed by atoms with Crippen LogP contribution in [0.15, 0.2) is 17.0 Å². The van der Waals surface area contributed by atoms with Gasteiger partial charge in [-0.05, 0) is 37.7 Å². The molecule has 1 aromatic rings. The first-order chi connectivity index (χ1) is 9.33. The van der Waals surface area contributed by atoms with Crippen molar-refractivity contribution in [1.29, 1.82) is 0 Å². The van der Waals surface area contributed by atoms with Gasteiger partial charge in [0.2, 0.25) is 10.0 Å². The molecule has 0 aromatic heterocycles. The number of likely N-dealkylation sites (N-methyl/N-ethyl adjacent to an activating group) is 1. The highest BCUT2D eigenvalue weighted by atomic mass is 35.5. The van der Waals surface area contributed by atoms with Crippen molar-refractivity contribution in [2.24, 2.45) is 5.73 Å². The summed E-state index contributed by atoms with van der Waals surface area (Å²) in [6, 6.07) is 2.07. The molecule has 1 saturated heterocycles. The summed E-state index contributed by atoms with van der Waals surface area (Å²) in [5.41, 5.74) is 5.71. The Labute approximate surface area is 122 Å². The third kappa shape index (κ3) is 3.29. The van der Waals surface area contributed by atoms with E-state index in [-0.39, 0.29) is 28.1 Å². The quantitative estimate of drug-likeness (QED) is 0.864. The number of hydrogen-bond donors (Lipinski definition) is 2. The van der Waals surface area contributed by atoms with Crippen molar-refractivity contribution >= 4 is 21.6 Å². The van der Waals surface area contributed by atoms with Gasteiger partial charge in [0.25, 0.3) is 0 Å². The Bertz CT molecular complexity index is 609. The number of hydrogen-bond acceptors (Lipinski definition) is 4. The number of nitrogens with zero attached hydrogens (tertiary/aromatic N) is 1. The van der Waals surface area contributed by atoms with Gasteiger partial charge in [0.1, 0.15) is 5.82 Å². The minimum Gasteiger partial charge on any atom is -0.326 e. The van der Waals surface area contributed by atoms with Crippen molar-refractivity contribution in [2.75, 3.05) is 20.1 Å². The first kappa shape index (κ1) is 15.7. The fraction of sp³-hybridized carbons (Fsp3) is 0.500. The maximum atomic E-state index is 13.6. The number of sulfonamides is 1. The monoisotopic (exact) mass is 321 g/mol. The first-order valence-corrected chi connectivity index (χ1v) is 8.08. The smallest absolute Gasteiger partial charge is 0.240 e. The molecule has 1 fully saturated rings. The second-order valence-corrected chi connectivity index (χ2v) is 7.04. The molecular weight excluding hydrogens is 305 g/mol. The highest BCUT2D eigenvalue weighted by Crippen LogP contribution is 2.24. The van der Waals surface area contributed by atoms with Crippen LogP contribution < -0.4 is 10.5 Å². The van der Waals surface area contributed by atoms with Crippen LogP contribution in [-0.2, 0) is 16.6 Å². The lowest BCUT2D eigenvalue weighted by molar-refractivity contribution is 0.407. The van der Waals surface area contributed by atoms with Crippen LogP contribution >= 0.6 is 11.6 Å². The van der Waals surface area contributed by atoms with Crippen LogP contribution in [0.25, 0.3) is 0 Å². The van der Waals surface area contributed by atoms with Crippen LogP contribution in [0.2, 0.25) is 5.02 Å². The number of nitrogens with one attached hydrogen (secondary N) is 1. The molecule has 1 atom stereocenters. The van der Waals surface area contributed by atoms with Crippen LogP contribution in [0.3, 0.4) is 0 Å². The van der Waals surface area contributed by atoms with Crippen molar-refractivity contribution in [1.82, 2.24) is 9.62 Å². The molecule has 2 rings (SSSR count). The van der Waals surface area contributed by atoms with E-state index in [2.05, 4.69) is 4.72 Å². The van der Waals surface area contributed by atoms with E-state index in [1.165, 1.54) is 6.07 Å². The molecule has 1 aromatic carbocycles. The van der Waals surface area contributed by atoms with E-state index in [0.29, 0.717) is 6.54 Å². The van der Waals surface area contributed by atoms with Gasteiger partial charge in [0.15, 0.2) is 0 Å². The number of benzene rings is 1. The maximum Gasteiger partial charge on any atom is 0.240 e. The highest BCUT2D eigenvalue weighted by molar-refractivity contribution is 7.89. The van der Waals surface area contributed by atoms with Crippen LogP contribution in [0.4, 0.5) is 4.39 Å². The molecule has 1 heterocycles. The Morgan fingerprint density at radius 1 is 1.55 bits per heavy atom. The minimum atomic E-state index is -3.77. The lowest BCUT2D eigenvalue weighted by Gasteiger charge is -2.14. The van der Waals surface area contributed by atoms with Gasteiger partial charge in [-0.2, -0.15) is 0 Å². The van der Waals surface area contributed by atoms with Crippen molar-refractivity contribution in [2.45, 2.75) is 23.9 Å². The normalized spacial score (nSPS) is 20.5. The van der Waals surface area contributed by atoms with Gasteiger partial charge in [0, 0.05) is 19.1 Å². The lowest BCUT2D eigenvalue weighted by Crippen LogP contribution is -2.36. The molecule has 0 radical (unpaired) electrons. The number of nitrogens with two attached hydrogens (primary N) is 1. The first-order valence-electron chi connectivity index (χ1n) is 6.22. The lowest BCUT2D eigenvalue weighted by atomic mass is 10.2. The summed E-state index contributed by atoms with van der Waals surface area (Å²) >= 11 is 5.73. The molecule has 3 N–H and O–H groups in total. The topological polar surface area (TPSA) is 75.4 Å². The van der Waals surface area contributed by atoms with Gasteiger partial charge in [-0.1, -0.05) is 11.6 Å². The van der Waals surface area contributed by atoms with Crippen LogP contribution in [0.1, 0.15) is 12.0 Å². The van der Waals surface area contributed by atoms with E-state index in [0.717, 1.165) is 19.0 Å². The van der Waals surface area contributed by atoms with E-state index < -0.39 is 15.8 Å². The summed E-state index contributed by atoms with van der Waals surface area (Å²) in [5, 5.41) is -0.132. The third-order valence-electron chi connectivity index (χ3n) is 3.32. The summed E-state index contributed by atoms with van der Waals surface area (Å²) in [5.74, 6) is -0.779. The molecule has 1 unspecified atom stereocenters. The summed E-state index contributed by atoms with van der Waals surface area (Å²) in [6.45, 7) is 1.44. The van der Waals surface area contributed by atoms with E-state index >= 15 is 0 Å². The Balaban J connectivity index is 2.27. The van der Waals surface area contributed by atoms with Crippen LogP contribution in [0, 0.1) is 5.82 Å². The predicted molar refractivity (Wildman–Crippen MR) is 75.5 cm³/mol. The van der Waals surface area contributed by atoms with E-state index in [9.17, 15) is 12.8 Å². The SMILES string of the molecule is CN1CCC(NS(=O)(=O)c2cc(F)c(Cl)c(CN)c2)C1. The minimum absolute atomic E-state index is 0.0225. The van der Waals surface area contributed by atoms with Gasteiger partial charge in [0.05, 0.1) is 9.92 Å². The summed E-state index contributed by atoms with van der Waals surface area (Å²) in [6.07, 6.45) is 0.732. The van der Waals surface area contributed by atoms with Crippen molar-refractivity contribution in [3.8, 4) is 0 Å². The number of halogens is 2. The van der Waals surface area contributed by atoms with E-state index in [4.69, 9.17) is 17.3 Å². The number of likely N-dealkylation sites (tertiary alicyclic amines) is 1. The molecule has 0 spiro atoms. The summed E-state index contributed by atoms with van der Waals surface area (Å²) < 4.78 is 40.7. The van der Waals surface area contributed by atoms with Gasteiger partial charge >= 0.3 is 0 Å². The van der Waals surface area contributed by atoms with Crippen molar-refractivity contribution in [3.05, 3.63) is 28.5 Å². The molecule has 8 heteroatoms. The summed E-state index contributed by atoms with van der Waals surface area (Å²) in [7, 11) is -1.85. The Hall–Kier alpha value is -0.730. The third-order valence-corrected chi connectivity index (χ3v) is 5.24. The average Bonchev–Trinajstić information content (AvgIpc) is 2.77. The van der Waals surface area contributed by atoms with Crippen molar-refractivity contribution < 1.29 is 12.8 Å². The van der Waals surface area contributed by atoms with Gasteiger partial charge in [-0.15, -0.1) is 0 Å². The largest absolute Gasteiger partial charge is 0.326 e. The van der Waals surface area contributed by atoms with Gasteiger partial charge in [-0.3, -0.25) is 0 Å². The molecule has 0 amide bonds. The Morgan fingerprint density at radius 2 is 2.25 bits per heavy atom. The van der Waals surface area contributed by atoms with Crippen LogP contribution in [-0.4, -0.2) is 39.5 Å². The van der Waals surface area contributed by atoms with Crippen LogP contribution in [0.5, 0.6) is 0 Å². The fourth-order valence-electron chi connectivity index (χ4n) is 2.24. The predicted octanol–water partition coefficient (Wildman–Crippen LogP) is 0.920. The molecule has 1 aliphatic heterocycles. The molecule has 0 bridgehead atoms. The fourth-order valence-corrected chi connectivity index (χ4v) is 3.75. The van der Waals surface area contributed by atoms with Gasteiger partial charge < -0.3 is 10.6 Å². The molecule has 0 aliphatic carbocycles. The van der Waals surface area contributed by atoms with Gasteiger partial charge in [-0.25, -0.2) is 17.5 Å². The zero-order valence-electron chi connectivity index (χ0n) is 11.1. The second-order valence-electron chi connectivity index (χ2n) is 4.95. The standard InChI is InChI=1S/C12H17ClFN3O2S/c1-17-3-2-9(7-17)16-20(18,19)10-4-8(6-15)12(13)11(14)5-10/h4-5,9,16H,2-3,6-7,15H2,1H3. The zero-order valence-corrected chi connectivity index (χ0v) is 12.6. The molecule has 1 aliphatic rings. The molecule has 112 valence electrons. The molecular formula is C12H17ClFN3O2S. The highest BCUT2D eigenvalue weighted by Gasteiger charge is 2.26. The molecule has 0 saturated carbocycles. The molecule has 5 nitrogen and oxygen atoms in total. The van der Waals surface area contributed by atoms with E-state index in [1.54, 1.807) is 0 Å². The number of rotatable bonds is 4. The summed E-state index contributed by atoms with van der Waals surface area (Å²) in [4.78, 5) is 1.88. The maximum absolute atomic E-state index is 13.6. The Kier molecular flexibility index (Phi) is 4.66. The second kappa shape index (κ2) is 5.95. The van der Waals surface area contributed by atoms with E-state index in [1.807, 2.05) is 11.9 Å². The zero-order chi connectivity index (χ0) is 14.9. The Morgan fingerprint density at radius 3 is 2.80 bits per heavy atom.